The number of hydrogen-bond acceptors (Lipinski definition) is 4. The van der Waals surface area contributed by atoms with E-state index in [1.165, 1.54) is 18.6 Å². The molecule has 0 unspecified atom stereocenters. The van der Waals surface area contributed by atoms with Crippen LogP contribution in [-0.4, -0.2) is 29.0 Å². The van der Waals surface area contributed by atoms with Crippen LogP contribution in [0.1, 0.15) is 40.9 Å². The lowest BCUT2D eigenvalue weighted by Gasteiger charge is -2.26. The number of amides is 1. The summed E-state index contributed by atoms with van der Waals surface area (Å²) in [7, 11) is 0. The van der Waals surface area contributed by atoms with E-state index in [1.807, 2.05) is 0 Å². The average molecular weight is 364 g/mol. The fourth-order valence-corrected chi connectivity index (χ4v) is 2.84. The first kappa shape index (κ1) is 18.2. The molecule has 1 fully saturated rings. The van der Waals surface area contributed by atoms with Gasteiger partial charge in [0.15, 0.2) is 0 Å². The summed E-state index contributed by atoms with van der Waals surface area (Å²) in [5.41, 5.74) is -0.273. The Labute approximate surface area is 149 Å². The normalized spacial score (nSPS) is 15.0. The Bertz CT molecular complexity index is 773. The third-order valence-corrected chi connectivity index (χ3v) is 4.22. The SMILES string of the molecule is O=C(NCc1ccnc(N2CCCCC2)n1)c1cccc(C(F)(F)F)c1. The number of carbonyl (C=O) groups excluding carboxylic acids is 1. The van der Waals surface area contributed by atoms with Gasteiger partial charge in [0.2, 0.25) is 5.95 Å². The summed E-state index contributed by atoms with van der Waals surface area (Å²) in [5, 5.41) is 2.61. The Morgan fingerprint density at radius 2 is 1.92 bits per heavy atom. The van der Waals surface area contributed by atoms with Gasteiger partial charge in [0, 0.05) is 24.8 Å². The summed E-state index contributed by atoms with van der Waals surface area (Å²) in [4.78, 5) is 23.0. The van der Waals surface area contributed by atoms with Crippen LogP contribution >= 0.6 is 0 Å². The first-order valence-corrected chi connectivity index (χ1v) is 8.46. The lowest BCUT2D eigenvalue weighted by Crippen LogP contribution is -2.31. The van der Waals surface area contributed by atoms with E-state index in [9.17, 15) is 18.0 Å². The predicted octanol–water partition coefficient (Wildman–Crippen LogP) is 3.42. The molecule has 0 aliphatic carbocycles. The number of piperidine rings is 1. The Hall–Kier alpha value is -2.64. The van der Waals surface area contributed by atoms with E-state index in [-0.39, 0.29) is 12.1 Å². The molecule has 5 nitrogen and oxygen atoms in total. The molecule has 0 atom stereocenters. The highest BCUT2D eigenvalue weighted by atomic mass is 19.4. The minimum Gasteiger partial charge on any atom is -0.346 e. The molecule has 0 bridgehead atoms. The number of alkyl halides is 3. The number of halogens is 3. The van der Waals surface area contributed by atoms with E-state index in [1.54, 1.807) is 12.3 Å². The monoisotopic (exact) mass is 364 g/mol. The molecule has 0 spiro atoms. The zero-order valence-electron chi connectivity index (χ0n) is 14.1. The second-order valence-electron chi connectivity index (χ2n) is 6.16. The van der Waals surface area contributed by atoms with Crippen LogP contribution in [0.5, 0.6) is 0 Å². The van der Waals surface area contributed by atoms with Crippen molar-refractivity contribution in [3.63, 3.8) is 0 Å². The van der Waals surface area contributed by atoms with Crippen LogP contribution in [-0.2, 0) is 12.7 Å². The highest BCUT2D eigenvalue weighted by Crippen LogP contribution is 2.29. The van der Waals surface area contributed by atoms with E-state index in [4.69, 9.17) is 0 Å². The highest BCUT2D eigenvalue weighted by molar-refractivity contribution is 5.94. The minimum absolute atomic E-state index is 0.0369. The molecule has 8 heteroatoms. The Morgan fingerprint density at radius 3 is 2.65 bits per heavy atom. The van der Waals surface area contributed by atoms with Crippen molar-refractivity contribution < 1.29 is 18.0 Å². The third-order valence-electron chi connectivity index (χ3n) is 4.22. The van der Waals surface area contributed by atoms with Crippen molar-refractivity contribution in [1.29, 1.82) is 0 Å². The first-order chi connectivity index (χ1) is 12.4. The number of nitrogens with zero attached hydrogens (tertiary/aromatic N) is 3. The second-order valence-corrected chi connectivity index (χ2v) is 6.16. The fraction of sp³-hybridized carbons (Fsp3) is 0.389. The molecule has 3 rings (SSSR count). The summed E-state index contributed by atoms with van der Waals surface area (Å²) < 4.78 is 38.2. The van der Waals surface area contributed by atoms with Gasteiger partial charge < -0.3 is 10.2 Å². The van der Waals surface area contributed by atoms with E-state index in [2.05, 4.69) is 20.2 Å². The van der Waals surface area contributed by atoms with Gasteiger partial charge in [0.05, 0.1) is 17.8 Å². The molecule has 1 amide bonds. The quantitative estimate of drug-likeness (QED) is 0.903. The summed E-state index contributed by atoms with van der Waals surface area (Å²) in [6, 6.07) is 6.03. The molecular formula is C18H19F3N4O. The van der Waals surface area contributed by atoms with E-state index >= 15 is 0 Å². The number of carbonyl (C=O) groups is 1. The second kappa shape index (κ2) is 7.72. The van der Waals surface area contributed by atoms with Crippen LogP contribution in [0.2, 0.25) is 0 Å². The Kier molecular flexibility index (Phi) is 5.39. The number of hydrogen-bond donors (Lipinski definition) is 1. The predicted molar refractivity (Wildman–Crippen MR) is 90.7 cm³/mol. The van der Waals surface area contributed by atoms with Gasteiger partial charge in [-0.15, -0.1) is 0 Å². The maximum atomic E-state index is 12.7. The zero-order chi connectivity index (χ0) is 18.6. The molecule has 2 aromatic rings. The van der Waals surface area contributed by atoms with Crippen LogP contribution in [0.3, 0.4) is 0 Å². The van der Waals surface area contributed by atoms with Crippen molar-refractivity contribution in [3.8, 4) is 0 Å². The Morgan fingerprint density at radius 1 is 1.15 bits per heavy atom. The van der Waals surface area contributed by atoms with Crippen LogP contribution in [0.25, 0.3) is 0 Å². The van der Waals surface area contributed by atoms with Crippen molar-refractivity contribution in [2.75, 3.05) is 18.0 Å². The standard InChI is InChI=1S/C18H19F3N4O/c19-18(20,21)14-6-4-5-13(11-14)16(26)23-12-15-7-8-22-17(24-15)25-9-2-1-3-10-25/h4-8,11H,1-3,9-10,12H2,(H,23,26). The van der Waals surface area contributed by atoms with Crippen molar-refractivity contribution in [1.82, 2.24) is 15.3 Å². The molecular weight excluding hydrogens is 345 g/mol. The van der Waals surface area contributed by atoms with Gasteiger partial charge >= 0.3 is 6.18 Å². The van der Waals surface area contributed by atoms with Crippen molar-refractivity contribution in [2.45, 2.75) is 32.0 Å². The summed E-state index contributed by atoms with van der Waals surface area (Å²) in [5.74, 6) is 0.0461. The van der Waals surface area contributed by atoms with Crippen molar-refractivity contribution in [3.05, 3.63) is 53.3 Å². The Balaban J connectivity index is 1.64. The smallest absolute Gasteiger partial charge is 0.346 e. The van der Waals surface area contributed by atoms with Gasteiger partial charge in [0.25, 0.3) is 5.91 Å². The van der Waals surface area contributed by atoms with Crippen LogP contribution < -0.4 is 10.2 Å². The first-order valence-electron chi connectivity index (χ1n) is 8.46. The molecule has 0 radical (unpaired) electrons. The van der Waals surface area contributed by atoms with Crippen LogP contribution in [0.15, 0.2) is 36.5 Å². The van der Waals surface area contributed by atoms with Gasteiger partial charge in [-0.1, -0.05) is 6.07 Å². The summed E-state index contributed by atoms with van der Waals surface area (Å²) in [6.45, 7) is 1.93. The lowest BCUT2D eigenvalue weighted by atomic mass is 10.1. The third kappa shape index (κ3) is 4.50. The fourth-order valence-electron chi connectivity index (χ4n) is 2.84. The molecule has 0 saturated carbocycles. The van der Waals surface area contributed by atoms with Gasteiger partial charge in [-0.3, -0.25) is 4.79 Å². The van der Waals surface area contributed by atoms with E-state index in [0.717, 1.165) is 38.1 Å². The van der Waals surface area contributed by atoms with Crippen LogP contribution in [0.4, 0.5) is 19.1 Å². The minimum atomic E-state index is -4.48. The lowest BCUT2D eigenvalue weighted by molar-refractivity contribution is -0.137. The number of benzene rings is 1. The van der Waals surface area contributed by atoms with Crippen molar-refractivity contribution in [2.24, 2.45) is 0 Å². The average Bonchev–Trinajstić information content (AvgIpc) is 2.66. The highest BCUT2D eigenvalue weighted by Gasteiger charge is 2.30. The maximum absolute atomic E-state index is 12.7. The van der Waals surface area contributed by atoms with Gasteiger partial charge in [-0.2, -0.15) is 13.2 Å². The maximum Gasteiger partial charge on any atom is 0.416 e. The van der Waals surface area contributed by atoms with Crippen molar-refractivity contribution >= 4 is 11.9 Å². The van der Waals surface area contributed by atoms with Gasteiger partial charge in [-0.05, 0) is 43.5 Å². The molecule has 1 saturated heterocycles. The number of nitrogens with one attached hydrogen (secondary N) is 1. The van der Waals surface area contributed by atoms with Gasteiger partial charge in [0.1, 0.15) is 0 Å². The molecule has 1 aromatic carbocycles. The van der Waals surface area contributed by atoms with Crippen LogP contribution in [0, 0.1) is 0 Å². The van der Waals surface area contributed by atoms with E-state index in [0.29, 0.717) is 11.6 Å². The molecule has 2 heterocycles. The molecule has 1 aliphatic heterocycles. The molecule has 138 valence electrons. The summed E-state index contributed by atoms with van der Waals surface area (Å²) >= 11 is 0. The largest absolute Gasteiger partial charge is 0.416 e. The molecule has 1 N–H and O–H groups in total. The van der Waals surface area contributed by atoms with E-state index < -0.39 is 17.6 Å². The molecule has 1 aliphatic rings. The number of rotatable bonds is 4. The number of anilines is 1. The summed E-state index contributed by atoms with van der Waals surface area (Å²) in [6.07, 6.45) is 0.540. The zero-order valence-corrected chi connectivity index (χ0v) is 14.1. The number of aromatic nitrogens is 2. The molecule has 26 heavy (non-hydrogen) atoms. The topological polar surface area (TPSA) is 58.1 Å². The molecule has 1 aromatic heterocycles. The van der Waals surface area contributed by atoms with Gasteiger partial charge in [-0.25, -0.2) is 9.97 Å².